The number of hydrogen-bond acceptors (Lipinski definition) is 3. The molecule has 84 valence electrons. The lowest BCUT2D eigenvalue weighted by Crippen LogP contribution is -2.11. The van der Waals surface area contributed by atoms with E-state index in [1.165, 1.54) is 0 Å². The van der Waals surface area contributed by atoms with Crippen LogP contribution in [0.15, 0.2) is 51.6 Å². The Morgan fingerprint density at radius 1 is 1.25 bits per heavy atom. The standard InChI is InChI=1S/C12H12BrNO2/c13-9-4-1-2-5-10(9)14-8-11(15)12-6-3-7-16-12/h1-7,11,14-15H,8H2. The summed E-state index contributed by atoms with van der Waals surface area (Å²) in [5.41, 5.74) is 0.952. The number of para-hydroxylation sites is 1. The first-order valence-corrected chi connectivity index (χ1v) is 5.76. The molecule has 0 aliphatic carbocycles. The lowest BCUT2D eigenvalue weighted by atomic mass is 10.2. The Hall–Kier alpha value is -1.26. The van der Waals surface area contributed by atoms with Crippen LogP contribution in [0.5, 0.6) is 0 Å². The minimum atomic E-state index is -0.637. The van der Waals surface area contributed by atoms with Crippen molar-refractivity contribution in [1.82, 2.24) is 0 Å². The maximum absolute atomic E-state index is 9.79. The van der Waals surface area contributed by atoms with Crippen molar-refractivity contribution in [2.24, 2.45) is 0 Å². The molecule has 0 fully saturated rings. The SMILES string of the molecule is OC(CNc1ccccc1Br)c1ccco1. The Morgan fingerprint density at radius 3 is 2.75 bits per heavy atom. The van der Waals surface area contributed by atoms with E-state index in [1.54, 1.807) is 18.4 Å². The highest BCUT2D eigenvalue weighted by molar-refractivity contribution is 9.10. The van der Waals surface area contributed by atoms with Crippen LogP contribution in [-0.2, 0) is 0 Å². The van der Waals surface area contributed by atoms with Crippen molar-refractivity contribution in [3.05, 3.63) is 52.9 Å². The average molecular weight is 282 g/mol. The highest BCUT2D eigenvalue weighted by Crippen LogP contribution is 2.22. The Morgan fingerprint density at radius 2 is 2.06 bits per heavy atom. The van der Waals surface area contributed by atoms with Gasteiger partial charge in [-0.05, 0) is 40.2 Å². The third-order valence-corrected chi connectivity index (χ3v) is 2.92. The second-order valence-electron chi connectivity index (χ2n) is 3.39. The van der Waals surface area contributed by atoms with Gasteiger partial charge in [-0.25, -0.2) is 0 Å². The lowest BCUT2D eigenvalue weighted by molar-refractivity contribution is 0.162. The monoisotopic (exact) mass is 281 g/mol. The van der Waals surface area contributed by atoms with Gasteiger partial charge in [0.15, 0.2) is 0 Å². The number of aliphatic hydroxyl groups excluding tert-OH is 1. The van der Waals surface area contributed by atoms with Gasteiger partial charge in [0.05, 0.1) is 6.26 Å². The Labute approximate surface area is 102 Å². The van der Waals surface area contributed by atoms with Crippen LogP contribution in [0.1, 0.15) is 11.9 Å². The van der Waals surface area contributed by atoms with Gasteiger partial charge in [-0.2, -0.15) is 0 Å². The first-order chi connectivity index (χ1) is 7.77. The zero-order valence-corrected chi connectivity index (χ0v) is 10.1. The number of halogens is 1. The number of furan rings is 1. The van der Waals surface area contributed by atoms with Gasteiger partial charge in [0.1, 0.15) is 11.9 Å². The summed E-state index contributed by atoms with van der Waals surface area (Å²) in [6, 6.07) is 11.3. The molecular weight excluding hydrogens is 270 g/mol. The molecule has 0 saturated heterocycles. The second kappa shape index (κ2) is 5.18. The zero-order chi connectivity index (χ0) is 11.4. The van der Waals surface area contributed by atoms with E-state index in [0.717, 1.165) is 10.2 Å². The number of anilines is 1. The Kier molecular flexibility index (Phi) is 3.64. The lowest BCUT2D eigenvalue weighted by Gasteiger charge is -2.11. The fourth-order valence-corrected chi connectivity index (χ4v) is 1.82. The van der Waals surface area contributed by atoms with Gasteiger partial charge in [-0.15, -0.1) is 0 Å². The smallest absolute Gasteiger partial charge is 0.134 e. The number of rotatable bonds is 4. The van der Waals surface area contributed by atoms with Gasteiger partial charge < -0.3 is 14.8 Å². The van der Waals surface area contributed by atoms with E-state index >= 15 is 0 Å². The minimum Gasteiger partial charge on any atom is -0.467 e. The summed E-state index contributed by atoms with van der Waals surface area (Å²) in [4.78, 5) is 0. The van der Waals surface area contributed by atoms with Crippen molar-refractivity contribution in [3.63, 3.8) is 0 Å². The van der Waals surface area contributed by atoms with Crippen LogP contribution in [0.3, 0.4) is 0 Å². The molecule has 0 saturated carbocycles. The first-order valence-electron chi connectivity index (χ1n) is 4.97. The minimum absolute atomic E-state index is 0.413. The van der Waals surface area contributed by atoms with Crippen molar-refractivity contribution in [1.29, 1.82) is 0 Å². The summed E-state index contributed by atoms with van der Waals surface area (Å²) in [5.74, 6) is 0.569. The molecule has 2 aromatic rings. The molecule has 0 amide bonds. The molecule has 1 aromatic heterocycles. The maximum atomic E-state index is 9.79. The molecular formula is C12H12BrNO2. The number of hydrogen-bond donors (Lipinski definition) is 2. The molecule has 1 unspecified atom stereocenters. The molecule has 1 atom stereocenters. The summed E-state index contributed by atoms with van der Waals surface area (Å²) in [6.07, 6.45) is 0.916. The van der Waals surface area contributed by atoms with Gasteiger partial charge in [0.2, 0.25) is 0 Å². The van der Waals surface area contributed by atoms with Gasteiger partial charge in [-0.1, -0.05) is 12.1 Å². The van der Waals surface area contributed by atoms with Crippen molar-refractivity contribution < 1.29 is 9.52 Å². The summed E-state index contributed by atoms with van der Waals surface area (Å²) in [6.45, 7) is 0.413. The van der Waals surface area contributed by atoms with Gasteiger partial charge >= 0.3 is 0 Å². The topological polar surface area (TPSA) is 45.4 Å². The second-order valence-corrected chi connectivity index (χ2v) is 4.25. The highest BCUT2D eigenvalue weighted by atomic mass is 79.9. The summed E-state index contributed by atoms with van der Waals surface area (Å²) in [5, 5.41) is 12.9. The van der Waals surface area contributed by atoms with Crippen molar-refractivity contribution in [3.8, 4) is 0 Å². The van der Waals surface area contributed by atoms with E-state index in [4.69, 9.17) is 4.42 Å². The molecule has 2 N–H and O–H groups in total. The van der Waals surface area contributed by atoms with Crippen LogP contribution in [-0.4, -0.2) is 11.7 Å². The largest absolute Gasteiger partial charge is 0.467 e. The van der Waals surface area contributed by atoms with Crippen molar-refractivity contribution in [2.45, 2.75) is 6.10 Å². The third kappa shape index (κ3) is 2.65. The van der Waals surface area contributed by atoms with E-state index in [9.17, 15) is 5.11 Å². The number of aliphatic hydroxyl groups is 1. The molecule has 0 aliphatic heterocycles. The Bertz CT molecular complexity index is 442. The molecule has 4 heteroatoms. The quantitative estimate of drug-likeness (QED) is 0.905. The molecule has 1 aromatic carbocycles. The van der Waals surface area contributed by atoms with E-state index in [0.29, 0.717) is 12.3 Å². The zero-order valence-electron chi connectivity index (χ0n) is 8.56. The third-order valence-electron chi connectivity index (χ3n) is 2.23. The fraction of sp³-hybridized carbons (Fsp3) is 0.167. The van der Waals surface area contributed by atoms with Crippen molar-refractivity contribution in [2.75, 3.05) is 11.9 Å². The van der Waals surface area contributed by atoms with Gasteiger partial charge in [-0.3, -0.25) is 0 Å². The van der Waals surface area contributed by atoms with Gasteiger partial charge in [0.25, 0.3) is 0 Å². The number of nitrogens with one attached hydrogen (secondary N) is 1. The molecule has 3 nitrogen and oxygen atoms in total. The van der Waals surface area contributed by atoms with Crippen LogP contribution in [0.4, 0.5) is 5.69 Å². The van der Waals surface area contributed by atoms with Gasteiger partial charge in [0, 0.05) is 16.7 Å². The normalized spacial score (nSPS) is 12.4. The number of benzene rings is 1. The Balaban J connectivity index is 1.95. The molecule has 0 radical (unpaired) electrons. The highest BCUT2D eigenvalue weighted by Gasteiger charge is 2.10. The molecule has 1 heterocycles. The van der Waals surface area contributed by atoms with E-state index < -0.39 is 6.10 Å². The predicted molar refractivity (Wildman–Crippen MR) is 66.3 cm³/mol. The van der Waals surface area contributed by atoms with Crippen LogP contribution in [0.2, 0.25) is 0 Å². The molecule has 0 spiro atoms. The maximum Gasteiger partial charge on any atom is 0.134 e. The molecule has 0 aliphatic rings. The predicted octanol–water partition coefficient (Wildman–Crippen LogP) is 3.19. The first kappa shape index (κ1) is 11.2. The van der Waals surface area contributed by atoms with Crippen LogP contribution < -0.4 is 5.32 Å². The van der Waals surface area contributed by atoms with E-state index in [-0.39, 0.29) is 0 Å². The van der Waals surface area contributed by atoms with E-state index in [1.807, 2.05) is 24.3 Å². The van der Waals surface area contributed by atoms with E-state index in [2.05, 4.69) is 21.2 Å². The summed E-state index contributed by atoms with van der Waals surface area (Å²) in [7, 11) is 0. The molecule has 0 bridgehead atoms. The average Bonchev–Trinajstić information content (AvgIpc) is 2.81. The molecule has 2 rings (SSSR count). The fourth-order valence-electron chi connectivity index (χ4n) is 1.39. The molecule has 16 heavy (non-hydrogen) atoms. The van der Waals surface area contributed by atoms with Crippen LogP contribution >= 0.6 is 15.9 Å². The van der Waals surface area contributed by atoms with Crippen molar-refractivity contribution >= 4 is 21.6 Å². The summed E-state index contributed by atoms with van der Waals surface area (Å²) < 4.78 is 6.09. The van der Waals surface area contributed by atoms with Crippen LogP contribution in [0, 0.1) is 0 Å². The summed E-state index contributed by atoms with van der Waals surface area (Å²) >= 11 is 3.43. The van der Waals surface area contributed by atoms with Crippen LogP contribution in [0.25, 0.3) is 0 Å².